The van der Waals surface area contributed by atoms with E-state index in [-0.39, 0.29) is 18.1 Å². The van der Waals surface area contributed by atoms with E-state index in [4.69, 9.17) is 4.74 Å². The van der Waals surface area contributed by atoms with Crippen molar-refractivity contribution in [2.24, 2.45) is 0 Å². The van der Waals surface area contributed by atoms with Crippen LogP contribution in [-0.2, 0) is 6.42 Å². The van der Waals surface area contributed by atoms with Gasteiger partial charge < -0.3 is 15.4 Å². The molecule has 25 heavy (non-hydrogen) atoms. The number of urea groups is 1. The van der Waals surface area contributed by atoms with Gasteiger partial charge in [-0.05, 0) is 49.4 Å². The standard InChI is InChI=1S/C21H28N2O2/c1-4-20(18-12-14-19(25-3)15-13-18)23-21(24)22-16(2)10-11-17-8-6-5-7-9-17/h5-9,12-16,20H,4,10-11H2,1-3H3,(H2,22,23,24). The van der Waals surface area contributed by atoms with Crippen molar-refractivity contribution in [3.63, 3.8) is 0 Å². The monoisotopic (exact) mass is 340 g/mol. The zero-order valence-electron chi connectivity index (χ0n) is 15.3. The van der Waals surface area contributed by atoms with Crippen molar-refractivity contribution < 1.29 is 9.53 Å². The molecule has 0 aliphatic rings. The smallest absolute Gasteiger partial charge is 0.315 e. The van der Waals surface area contributed by atoms with Gasteiger partial charge in [0.15, 0.2) is 0 Å². The Hall–Kier alpha value is -2.49. The summed E-state index contributed by atoms with van der Waals surface area (Å²) in [5.74, 6) is 0.817. The lowest BCUT2D eigenvalue weighted by Gasteiger charge is -2.20. The molecule has 2 aromatic carbocycles. The van der Waals surface area contributed by atoms with Crippen LogP contribution in [-0.4, -0.2) is 19.2 Å². The Morgan fingerprint density at radius 1 is 1.04 bits per heavy atom. The van der Waals surface area contributed by atoms with Gasteiger partial charge in [0.1, 0.15) is 5.75 Å². The molecule has 0 radical (unpaired) electrons. The lowest BCUT2D eigenvalue weighted by atomic mass is 10.0. The number of amides is 2. The Balaban J connectivity index is 1.82. The van der Waals surface area contributed by atoms with Gasteiger partial charge in [-0.3, -0.25) is 0 Å². The summed E-state index contributed by atoms with van der Waals surface area (Å²) < 4.78 is 5.18. The summed E-state index contributed by atoms with van der Waals surface area (Å²) in [4.78, 5) is 12.3. The maximum atomic E-state index is 12.3. The molecule has 0 aliphatic heterocycles. The van der Waals surface area contributed by atoms with Crippen LogP contribution < -0.4 is 15.4 Å². The minimum absolute atomic E-state index is 0.00719. The molecule has 2 amide bonds. The predicted molar refractivity (Wildman–Crippen MR) is 102 cm³/mol. The zero-order chi connectivity index (χ0) is 18.1. The third kappa shape index (κ3) is 6.14. The largest absolute Gasteiger partial charge is 0.497 e. The van der Waals surface area contributed by atoms with Gasteiger partial charge in [-0.1, -0.05) is 49.4 Å². The highest BCUT2D eigenvalue weighted by atomic mass is 16.5. The van der Waals surface area contributed by atoms with E-state index in [0.29, 0.717) is 0 Å². The third-order valence-corrected chi connectivity index (χ3v) is 4.32. The molecule has 2 atom stereocenters. The van der Waals surface area contributed by atoms with Gasteiger partial charge in [0.25, 0.3) is 0 Å². The molecule has 0 bridgehead atoms. The second kappa shape index (κ2) is 9.72. The Morgan fingerprint density at radius 3 is 2.32 bits per heavy atom. The first-order chi connectivity index (χ1) is 12.1. The molecule has 2 rings (SSSR count). The first-order valence-electron chi connectivity index (χ1n) is 8.87. The molecule has 2 aromatic rings. The number of ether oxygens (including phenoxy) is 1. The zero-order valence-corrected chi connectivity index (χ0v) is 15.3. The molecule has 0 saturated heterocycles. The fraction of sp³-hybridized carbons (Fsp3) is 0.381. The van der Waals surface area contributed by atoms with E-state index in [0.717, 1.165) is 30.6 Å². The van der Waals surface area contributed by atoms with Gasteiger partial charge in [-0.2, -0.15) is 0 Å². The normalized spacial score (nSPS) is 12.9. The van der Waals surface area contributed by atoms with Crippen molar-refractivity contribution >= 4 is 6.03 Å². The van der Waals surface area contributed by atoms with Crippen LogP contribution in [0.1, 0.15) is 43.9 Å². The average Bonchev–Trinajstić information content (AvgIpc) is 2.65. The van der Waals surface area contributed by atoms with Gasteiger partial charge in [0.05, 0.1) is 13.2 Å². The maximum absolute atomic E-state index is 12.3. The Bertz CT molecular complexity index is 641. The number of benzene rings is 2. The van der Waals surface area contributed by atoms with E-state index >= 15 is 0 Å². The van der Waals surface area contributed by atoms with E-state index in [1.165, 1.54) is 5.56 Å². The highest BCUT2D eigenvalue weighted by Gasteiger charge is 2.14. The molecule has 4 heteroatoms. The summed E-state index contributed by atoms with van der Waals surface area (Å²) in [6, 6.07) is 18.1. The van der Waals surface area contributed by atoms with Gasteiger partial charge in [-0.15, -0.1) is 0 Å². The minimum atomic E-state index is -0.122. The van der Waals surface area contributed by atoms with E-state index in [1.54, 1.807) is 7.11 Å². The lowest BCUT2D eigenvalue weighted by Crippen LogP contribution is -2.42. The molecule has 2 unspecified atom stereocenters. The molecule has 0 aromatic heterocycles. The van der Waals surface area contributed by atoms with E-state index in [2.05, 4.69) is 29.7 Å². The van der Waals surface area contributed by atoms with Crippen LogP contribution in [0.4, 0.5) is 4.79 Å². The predicted octanol–water partition coefficient (Wildman–Crippen LogP) is 4.47. The topological polar surface area (TPSA) is 50.4 Å². The molecule has 0 spiro atoms. The van der Waals surface area contributed by atoms with E-state index in [1.807, 2.05) is 49.4 Å². The molecule has 134 valence electrons. The molecular formula is C21H28N2O2. The molecule has 0 heterocycles. The molecule has 2 N–H and O–H groups in total. The quantitative estimate of drug-likeness (QED) is 0.745. The van der Waals surface area contributed by atoms with Crippen LogP contribution in [0, 0.1) is 0 Å². The number of rotatable bonds is 8. The van der Waals surface area contributed by atoms with Gasteiger partial charge in [0, 0.05) is 6.04 Å². The van der Waals surface area contributed by atoms with Crippen molar-refractivity contribution in [1.82, 2.24) is 10.6 Å². The number of carbonyl (C=O) groups excluding carboxylic acids is 1. The van der Waals surface area contributed by atoms with Crippen molar-refractivity contribution in [2.75, 3.05) is 7.11 Å². The van der Waals surface area contributed by atoms with Crippen LogP contribution in [0.2, 0.25) is 0 Å². The van der Waals surface area contributed by atoms with Crippen LogP contribution in [0.25, 0.3) is 0 Å². The third-order valence-electron chi connectivity index (χ3n) is 4.32. The Labute approximate surface area is 150 Å². The number of hydrogen-bond donors (Lipinski definition) is 2. The highest BCUT2D eigenvalue weighted by molar-refractivity contribution is 5.74. The number of carbonyl (C=O) groups is 1. The first kappa shape index (κ1) is 18.8. The van der Waals surface area contributed by atoms with Crippen LogP contribution >= 0.6 is 0 Å². The summed E-state index contributed by atoms with van der Waals surface area (Å²) in [6.45, 7) is 4.10. The fourth-order valence-corrected chi connectivity index (χ4v) is 2.78. The van der Waals surface area contributed by atoms with E-state index in [9.17, 15) is 4.79 Å². The lowest BCUT2D eigenvalue weighted by molar-refractivity contribution is 0.233. The molecule has 0 saturated carbocycles. The average molecular weight is 340 g/mol. The SMILES string of the molecule is CCC(NC(=O)NC(C)CCc1ccccc1)c1ccc(OC)cc1. The summed E-state index contributed by atoms with van der Waals surface area (Å²) in [7, 11) is 1.65. The van der Waals surface area contributed by atoms with Crippen LogP contribution in [0.15, 0.2) is 54.6 Å². The second-order valence-electron chi connectivity index (χ2n) is 6.28. The van der Waals surface area contributed by atoms with Crippen LogP contribution in [0.3, 0.4) is 0 Å². The number of hydrogen-bond acceptors (Lipinski definition) is 2. The number of methoxy groups -OCH3 is 1. The first-order valence-corrected chi connectivity index (χ1v) is 8.87. The van der Waals surface area contributed by atoms with Gasteiger partial charge >= 0.3 is 6.03 Å². The minimum Gasteiger partial charge on any atom is -0.497 e. The van der Waals surface area contributed by atoms with Crippen LogP contribution in [0.5, 0.6) is 5.75 Å². The summed E-state index contributed by atoms with van der Waals surface area (Å²) in [6.07, 6.45) is 2.70. The number of nitrogens with one attached hydrogen (secondary N) is 2. The van der Waals surface area contributed by atoms with Crippen molar-refractivity contribution in [3.05, 3.63) is 65.7 Å². The molecule has 4 nitrogen and oxygen atoms in total. The van der Waals surface area contributed by atoms with Gasteiger partial charge in [0.2, 0.25) is 0 Å². The van der Waals surface area contributed by atoms with Gasteiger partial charge in [-0.25, -0.2) is 4.79 Å². The second-order valence-corrected chi connectivity index (χ2v) is 6.28. The maximum Gasteiger partial charge on any atom is 0.315 e. The molecular weight excluding hydrogens is 312 g/mol. The fourth-order valence-electron chi connectivity index (χ4n) is 2.78. The Kier molecular flexibility index (Phi) is 7.33. The Morgan fingerprint density at radius 2 is 1.72 bits per heavy atom. The van der Waals surface area contributed by atoms with Crippen molar-refractivity contribution in [3.8, 4) is 5.75 Å². The number of aryl methyl sites for hydroxylation is 1. The highest BCUT2D eigenvalue weighted by Crippen LogP contribution is 2.20. The van der Waals surface area contributed by atoms with Crippen molar-refractivity contribution in [2.45, 2.75) is 45.2 Å². The molecule has 0 aliphatic carbocycles. The summed E-state index contributed by atoms with van der Waals surface area (Å²) in [5.41, 5.74) is 2.37. The summed E-state index contributed by atoms with van der Waals surface area (Å²) in [5, 5.41) is 6.09. The summed E-state index contributed by atoms with van der Waals surface area (Å²) >= 11 is 0. The van der Waals surface area contributed by atoms with Crippen molar-refractivity contribution in [1.29, 1.82) is 0 Å². The van der Waals surface area contributed by atoms with E-state index < -0.39 is 0 Å². The molecule has 0 fully saturated rings.